The van der Waals surface area contributed by atoms with Gasteiger partial charge in [-0.25, -0.2) is 8.42 Å². The molecule has 2 rings (SSSR count). The second-order valence-corrected chi connectivity index (χ2v) is 7.45. The second kappa shape index (κ2) is 6.33. The number of alkyl halides is 1. The smallest absolute Gasteiger partial charge is 0.243 e. The maximum atomic E-state index is 12.7. The number of methoxy groups -OCH3 is 1. The van der Waals surface area contributed by atoms with E-state index < -0.39 is 10.0 Å². The molecule has 1 aliphatic heterocycles. The summed E-state index contributed by atoms with van der Waals surface area (Å²) in [7, 11) is -1.86. The molecule has 0 saturated carbocycles. The van der Waals surface area contributed by atoms with Crippen LogP contribution in [0.15, 0.2) is 23.1 Å². The number of sulfonamides is 1. The molecule has 1 fully saturated rings. The summed E-state index contributed by atoms with van der Waals surface area (Å²) < 4.78 is 32.2. The standard InChI is InChI=1S/C14H20ClNO3S/c1-11-6-8-16(10-11)20(17,18)14-4-3-13(19-2)9-12(14)5-7-15/h3-4,9,11H,5-8,10H2,1-2H3. The zero-order valence-electron chi connectivity index (χ0n) is 11.8. The van der Waals surface area contributed by atoms with E-state index in [9.17, 15) is 8.42 Å². The van der Waals surface area contributed by atoms with Crippen molar-refractivity contribution >= 4 is 21.6 Å². The summed E-state index contributed by atoms with van der Waals surface area (Å²) >= 11 is 5.79. The van der Waals surface area contributed by atoms with E-state index in [1.165, 1.54) is 0 Å². The van der Waals surface area contributed by atoms with Crippen LogP contribution in [0.1, 0.15) is 18.9 Å². The molecule has 0 N–H and O–H groups in total. The van der Waals surface area contributed by atoms with E-state index in [1.807, 2.05) is 0 Å². The van der Waals surface area contributed by atoms with Crippen LogP contribution in [0.2, 0.25) is 0 Å². The lowest BCUT2D eigenvalue weighted by Crippen LogP contribution is -2.29. The molecule has 6 heteroatoms. The first-order valence-corrected chi connectivity index (χ1v) is 8.69. The number of nitrogens with zero attached hydrogens (tertiary/aromatic N) is 1. The zero-order chi connectivity index (χ0) is 14.8. The number of benzene rings is 1. The summed E-state index contributed by atoms with van der Waals surface area (Å²) in [5.41, 5.74) is 0.721. The second-order valence-electron chi connectivity index (χ2n) is 5.17. The Morgan fingerprint density at radius 3 is 2.75 bits per heavy atom. The molecule has 0 amide bonds. The summed E-state index contributed by atoms with van der Waals surface area (Å²) in [6.45, 7) is 3.26. The average molecular weight is 318 g/mol. The highest BCUT2D eigenvalue weighted by molar-refractivity contribution is 7.89. The van der Waals surface area contributed by atoms with Crippen molar-refractivity contribution in [2.24, 2.45) is 5.92 Å². The summed E-state index contributed by atoms with van der Waals surface area (Å²) in [5.74, 6) is 1.45. The molecular formula is C14H20ClNO3S. The van der Waals surface area contributed by atoms with E-state index in [0.29, 0.717) is 42.0 Å². The zero-order valence-corrected chi connectivity index (χ0v) is 13.4. The first-order valence-electron chi connectivity index (χ1n) is 6.72. The van der Waals surface area contributed by atoms with E-state index in [0.717, 1.165) is 12.0 Å². The summed E-state index contributed by atoms with van der Waals surface area (Å²) in [6.07, 6.45) is 1.43. The minimum Gasteiger partial charge on any atom is -0.497 e. The Kier molecular flexibility index (Phi) is 4.94. The highest BCUT2D eigenvalue weighted by Crippen LogP contribution is 2.28. The van der Waals surface area contributed by atoms with Crippen molar-refractivity contribution in [1.29, 1.82) is 0 Å². The molecule has 0 aromatic heterocycles. The highest BCUT2D eigenvalue weighted by atomic mass is 35.5. The maximum absolute atomic E-state index is 12.7. The van der Waals surface area contributed by atoms with Crippen LogP contribution in [0.4, 0.5) is 0 Å². The van der Waals surface area contributed by atoms with Gasteiger partial charge in [0.2, 0.25) is 10.0 Å². The monoisotopic (exact) mass is 317 g/mol. The third kappa shape index (κ3) is 3.10. The molecule has 1 aromatic carbocycles. The molecule has 1 unspecified atom stereocenters. The lowest BCUT2D eigenvalue weighted by Gasteiger charge is -2.19. The van der Waals surface area contributed by atoms with Crippen LogP contribution in [-0.4, -0.2) is 38.8 Å². The van der Waals surface area contributed by atoms with E-state index in [4.69, 9.17) is 16.3 Å². The van der Waals surface area contributed by atoms with Gasteiger partial charge in [-0.3, -0.25) is 0 Å². The first-order chi connectivity index (χ1) is 9.48. The Morgan fingerprint density at radius 1 is 1.45 bits per heavy atom. The number of halogens is 1. The number of aryl methyl sites for hydroxylation is 1. The molecule has 1 heterocycles. The van der Waals surface area contributed by atoms with Crippen molar-refractivity contribution in [1.82, 2.24) is 4.31 Å². The van der Waals surface area contributed by atoms with Crippen molar-refractivity contribution in [2.45, 2.75) is 24.7 Å². The Hall–Kier alpha value is -0.780. The van der Waals surface area contributed by atoms with Crippen LogP contribution < -0.4 is 4.74 Å². The third-order valence-corrected chi connectivity index (χ3v) is 5.79. The van der Waals surface area contributed by atoms with Gasteiger partial charge in [0.25, 0.3) is 0 Å². The van der Waals surface area contributed by atoms with E-state index in [-0.39, 0.29) is 0 Å². The average Bonchev–Trinajstić information content (AvgIpc) is 2.86. The topological polar surface area (TPSA) is 46.6 Å². The van der Waals surface area contributed by atoms with Gasteiger partial charge >= 0.3 is 0 Å². The van der Waals surface area contributed by atoms with Gasteiger partial charge in [0, 0.05) is 19.0 Å². The van der Waals surface area contributed by atoms with Crippen LogP contribution in [0, 0.1) is 5.92 Å². The molecule has 1 saturated heterocycles. The fourth-order valence-electron chi connectivity index (χ4n) is 2.48. The minimum atomic E-state index is -3.43. The number of rotatable bonds is 5. The number of hydrogen-bond acceptors (Lipinski definition) is 3. The molecular weight excluding hydrogens is 298 g/mol. The van der Waals surface area contributed by atoms with Crippen molar-refractivity contribution in [3.8, 4) is 5.75 Å². The van der Waals surface area contributed by atoms with Gasteiger partial charge in [0.05, 0.1) is 12.0 Å². The predicted octanol–water partition coefficient (Wildman–Crippen LogP) is 2.51. The van der Waals surface area contributed by atoms with Gasteiger partial charge < -0.3 is 4.74 Å². The number of ether oxygens (including phenoxy) is 1. The highest BCUT2D eigenvalue weighted by Gasteiger charge is 2.32. The lowest BCUT2D eigenvalue weighted by molar-refractivity contribution is 0.413. The largest absolute Gasteiger partial charge is 0.497 e. The molecule has 1 aliphatic rings. The molecule has 0 aliphatic carbocycles. The van der Waals surface area contributed by atoms with Gasteiger partial charge in [-0.2, -0.15) is 4.31 Å². The Bertz CT molecular complexity index is 574. The molecule has 20 heavy (non-hydrogen) atoms. The first kappa shape index (κ1) is 15.6. The van der Waals surface area contributed by atoms with Gasteiger partial charge in [-0.1, -0.05) is 6.92 Å². The van der Waals surface area contributed by atoms with Crippen LogP contribution in [0.5, 0.6) is 5.75 Å². The van der Waals surface area contributed by atoms with E-state index in [1.54, 1.807) is 29.6 Å². The Labute approximate surface area is 125 Å². The Morgan fingerprint density at radius 2 is 2.20 bits per heavy atom. The third-order valence-electron chi connectivity index (χ3n) is 3.64. The normalized spacial score (nSPS) is 20.2. The minimum absolute atomic E-state index is 0.355. The fraction of sp³-hybridized carbons (Fsp3) is 0.571. The van der Waals surface area contributed by atoms with Crippen LogP contribution in [0.3, 0.4) is 0 Å². The molecule has 1 aromatic rings. The quantitative estimate of drug-likeness (QED) is 0.784. The molecule has 0 radical (unpaired) electrons. The lowest BCUT2D eigenvalue weighted by atomic mass is 10.1. The van der Waals surface area contributed by atoms with Crippen molar-refractivity contribution in [3.05, 3.63) is 23.8 Å². The summed E-state index contributed by atoms with van der Waals surface area (Å²) in [5, 5.41) is 0. The Balaban J connectivity index is 2.40. The predicted molar refractivity (Wildman–Crippen MR) is 80.0 cm³/mol. The fourth-order valence-corrected chi connectivity index (χ4v) is 4.49. The maximum Gasteiger partial charge on any atom is 0.243 e. The van der Waals surface area contributed by atoms with Crippen LogP contribution in [0.25, 0.3) is 0 Å². The van der Waals surface area contributed by atoms with Crippen molar-refractivity contribution in [2.75, 3.05) is 26.1 Å². The van der Waals surface area contributed by atoms with Gasteiger partial charge in [0.1, 0.15) is 5.75 Å². The van der Waals surface area contributed by atoms with Gasteiger partial charge in [-0.05, 0) is 42.5 Å². The van der Waals surface area contributed by atoms with Crippen molar-refractivity contribution < 1.29 is 13.2 Å². The molecule has 112 valence electrons. The van der Waals surface area contributed by atoms with E-state index >= 15 is 0 Å². The SMILES string of the molecule is COc1ccc(S(=O)(=O)N2CCC(C)C2)c(CCCl)c1. The van der Waals surface area contributed by atoms with Gasteiger partial charge in [0.15, 0.2) is 0 Å². The summed E-state index contributed by atoms with van der Waals surface area (Å²) in [6, 6.07) is 5.07. The van der Waals surface area contributed by atoms with E-state index in [2.05, 4.69) is 6.92 Å². The summed E-state index contributed by atoms with van der Waals surface area (Å²) in [4.78, 5) is 0.355. The molecule has 4 nitrogen and oxygen atoms in total. The molecule has 0 bridgehead atoms. The van der Waals surface area contributed by atoms with Gasteiger partial charge in [-0.15, -0.1) is 11.6 Å². The molecule has 1 atom stereocenters. The van der Waals surface area contributed by atoms with Crippen LogP contribution in [-0.2, 0) is 16.4 Å². The number of hydrogen-bond donors (Lipinski definition) is 0. The van der Waals surface area contributed by atoms with Crippen molar-refractivity contribution in [3.63, 3.8) is 0 Å². The van der Waals surface area contributed by atoms with Crippen LogP contribution >= 0.6 is 11.6 Å². The molecule has 0 spiro atoms.